The number of unbranched alkanes of at least 4 members (excludes halogenated alkanes) is 1. The standard InChI is InChI=1S/C24H28N4O/c1-29-24-12-5-4-11-23(24)28-16-14-27(15-17-28)13-7-6-9-20-19-8-2-3-10-21(19)26-22(20)18-25/h2-5,8,10-12,26H,6-7,9,13-17H2,1H3. The Hall–Kier alpha value is -2.97. The Bertz CT molecular complexity index is 996. The van der Waals surface area contributed by atoms with Crippen molar-refractivity contribution in [2.45, 2.75) is 19.3 Å². The highest BCUT2D eigenvalue weighted by Crippen LogP contribution is 2.28. The van der Waals surface area contributed by atoms with Crippen molar-refractivity contribution in [2.75, 3.05) is 44.7 Å². The molecule has 29 heavy (non-hydrogen) atoms. The Labute approximate surface area is 172 Å². The van der Waals surface area contributed by atoms with E-state index in [1.54, 1.807) is 7.11 Å². The van der Waals surface area contributed by atoms with Crippen LogP contribution in [0.25, 0.3) is 10.9 Å². The number of anilines is 1. The number of ether oxygens (including phenoxy) is 1. The summed E-state index contributed by atoms with van der Waals surface area (Å²) in [6, 6.07) is 18.8. The summed E-state index contributed by atoms with van der Waals surface area (Å²) in [5, 5.41) is 10.6. The topological polar surface area (TPSA) is 55.3 Å². The maximum absolute atomic E-state index is 9.43. The molecule has 1 aliphatic heterocycles. The SMILES string of the molecule is COc1ccccc1N1CCN(CCCCc2c(C#N)[nH]c3ccccc23)CC1. The first kappa shape index (κ1) is 19.4. The van der Waals surface area contributed by atoms with Gasteiger partial charge in [0.1, 0.15) is 17.5 Å². The summed E-state index contributed by atoms with van der Waals surface area (Å²) in [5.41, 5.74) is 4.14. The third-order valence-electron chi connectivity index (χ3n) is 5.87. The van der Waals surface area contributed by atoms with Gasteiger partial charge in [0, 0.05) is 37.1 Å². The number of H-pyrrole nitrogens is 1. The van der Waals surface area contributed by atoms with Crippen molar-refractivity contribution in [1.29, 1.82) is 5.26 Å². The summed E-state index contributed by atoms with van der Waals surface area (Å²) in [7, 11) is 1.74. The van der Waals surface area contributed by atoms with E-state index in [-0.39, 0.29) is 0 Å². The minimum atomic E-state index is 0.719. The molecule has 5 nitrogen and oxygen atoms in total. The number of fused-ring (bicyclic) bond motifs is 1. The lowest BCUT2D eigenvalue weighted by atomic mass is 10.0. The van der Waals surface area contributed by atoms with Gasteiger partial charge in [0.05, 0.1) is 12.8 Å². The average molecular weight is 389 g/mol. The predicted molar refractivity (Wildman–Crippen MR) is 118 cm³/mol. The molecular weight excluding hydrogens is 360 g/mol. The summed E-state index contributed by atoms with van der Waals surface area (Å²) < 4.78 is 5.51. The van der Waals surface area contributed by atoms with Crippen molar-refractivity contribution in [1.82, 2.24) is 9.88 Å². The monoisotopic (exact) mass is 388 g/mol. The zero-order valence-electron chi connectivity index (χ0n) is 17.0. The highest BCUT2D eigenvalue weighted by molar-refractivity contribution is 5.85. The largest absolute Gasteiger partial charge is 0.495 e. The highest BCUT2D eigenvalue weighted by Gasteiger charge is 2.19. The lowest BCUT2D eigenvalue weighted by Crippen LogP contribution is -2.46. The number of hydrogen-bond acceptors (Lipinski definition) is 4. The molecule has 1 saturated heterocycles. The Kier molecular flexibility index (Phi) is 6.02. The van der Waals surface area contributed by atoms with Gasteiger partial charge in [0.2, 0.25) is 0 Å². The molecule has 1 aliphatic rings. The highest BCUT2D eigenvalue weighted by atomic mass is 16.5. The second-order valence-electron chi connectivity index (χ2n) is 7.59. The maximum atomic E-state index is 9.43. The number of aryl methyl sites for hydroxylation is 1. The van der Waals surface area contributed by atoms with Gasteiger partial charge in [0.15, 0.2) is 0 Å². The van der Waals surface area contributed by atoms with Gasteiger partial charge in [-0.2, -0.15) is 5.26 Å². The van der Waals surface area contributed by atoms with E-state index in [2.05, 4.69) is 39.1 Å². The molecule has 5 heteroatoms. The molecule has 2 heterocycles. The summed E-state index contributed by atoms with van der Waals surface area (Å²) in [6.45, 7) is 5.33. The molecule has 3 aromatic rings. The van der Waals surface area contributed by atoms with Crippen LogP contribution in [0.3, 0.4) is 0 Å². The van der Waals surface area contributed by atoms with Crippen LogP contribution in [0.1, 0.15) is 24.1 Å². The fourth-order valence-electron chi connectivity index (χ4n) is 4.30. The summed E-state index contributed by atoms with van der Waals surface area (Å²) in [4.78, 5) is 8.21. The molecule has 0 saturated carbocycles. The molecular formula is C24H28N4O. The molecule has 0 atom stereocenters. The first-order valence-electron chi connectivity index (χ1n) is 10.4. The third kappa shape index (κ3) is 4.23. The van der Waals surface area contributed by atoms with E-state index in [9.17, 15) is 5.26 Å². The number of rotatable bonds is 7. The van der Waals surface area contributed by atoms with Crippen molar-refractivity contribution in [3.8, 4) is 11.8 Å². The quantitative estimate of drug-likeness (QED) is 0.617. The van der Waals surface area contributed by atoms with Crippen LogP contribution in [0, 0.1) is 11.3 Å². The van der Waals surface area contributed by atoms with E-state index < -0.39 is 0 Å². The smallest absolute Gasteiger partial charge is 0.142 e. The fraction of sp³-hybridized carbons (Fsp3) is 0.375. The molecule has 150 valence electrons. The van der Waals surface area contributed by atoms with Gasteiger partial charge in [0.25, 0.3) is 0 Å². The van der Waals surface area contributed by atoms with Gasteiger partial charge in [-0.25, -0.2) is 0 Å². The molecule has 1 N–H and O–H groups in total. The van der Waals surface area contributed by atoms with Gasteiger partial charge < -0.3 is 14.6 Å². The lowest BCUT2D eigenvalue weighted by Gasteiger charge is -2.36. The Morgan fingerprint density at radius 2 is 1.76 bits per heavy atom. The number of para-hydroxylation sites is 3. The van der Waals surface area contributed by atoms with Crippen LogP contribution in [0.4, 0.5) is 5.69 Å². The van der Waals surface area contributed by atoms with Crippen LogP contribution >= 0.6 is 0 Å². The minimum Gasteiger partial charge on any atom is -0.495 e. The third-order valence-corrected chi connectivity index (χ3v) is 5.87. The second-order valence-corrected chi connectivity index (χ2v) is 7.59. The number of nitriles is 1. The van der Waals surface area contributed by atoms with Crippen LogP contribution in [-0.2, 0) is 6.42 Å². The van der Waals surface area contributed by atoms with Crippen LogP contribution in [0.2, 0.25) is 0 Å². The number of aromatic nitrogens is 1. The summed E-state index contributed by atoms with van der Waals surface area (Å²) in [5.74, 6) is 0.952. The van der Waals surface area contributed by atoms with Gasteiger partial charge in [-0.1, -0.05) is 30.3 Å². The molecule has 0 spiro atoms. The maximum Gasteiger partial charge on any atom is 0.142 e. The predicted octanol–water partition coefficient (Wildman–Crippen LogP) is 4.19. The van der Waals surface area contributed by atoms with Crippen molar-refractivity contribution in [2.24, 2.45) is 0 Å². The van der Waals surface area contributed by atoms with Crippen molar-refractivity contribution >= 4 is 16.6 Å². The Balaban J connectivity index is 1.26. The van der Waals surface area contributed by atoms with Crippen LogP contribution in [0.5, 0.6) is 5.75 Å². The van der Waals surface area contributed by atoms with Crippen LogP contribution in [0.15, 0.2) is 48.5 Å². The molecule has 0 amide bonds. The average Bonchev–Trinajstić information content (AvgIpc) is 3.15. The van der Waals surface area contributed by atoms with Crippen molar-refractivity contribution in [3.05, 3.63) is 59.8 Å². The Morgan fingerprint density at radius 1 is 1.00 bits per heavy atom. The number of methoxy groups -OCH3 is 1. The molecule has 1 aromatic heterocycles. The van der Waals surface area contributed by atoms with E-state index in [1.807, 2.05) is 30.3 Å². The lowest BCUT2D eigenvalue weighted by molar-refractivity contribution is 0.252. The van der Waals surface area contributed by atoms with Crippen molar-refractivity contribution in [3.63, 3.8) is 0 Å². The zero-order chi connectivity index (χ0) is 20.1. The van der Waals surface area contributed by atoms with Crippen molar-refractivity contribution < 1.29 is 4.74 Å². The number of hydrogen-bond donors (Lipinski definition) is 1. The second kappa shape index (κ2) is 9.02. The van der Waals surface area contributed by atoms with E-state index in [4.69, 9.17) is 4.74 Å². The van der Waals surface area contributed by atoms with Crippen LogP contribution in [-0.4, -0.2) is 49.7 Å². The van der Waals surface area contributed by atoms with Gasteiger partial charge in [-0.05, 0) is 49.6 Å². The Morgan fingerprint density at radius 3 is 2.55 bits per heavy atom. The van der Waals surface area contributed by atoms with E-state index in [0.29, 0.717) is 0 Å². The normalized spacial score (nSPS) is 14.8. The summed E-state index contributed by atoms with van der Waals surface area (Å²) in [6.07, 6.45) is 3.20. The summed E-state index contributed by atoms with van der Waals surface area (Å²) >= 11 is 0. The van der Waals surface area contributed by atoms with Gasteiger partial charge in [-0.15, -0.1) is 0 Å². The molecule has 2 aromatic carbocycles. The van der Waals surface area contributed by atoms with E-state index in [0.717, 1.165) is 68.9 Å². The first-order valence-corrected chi connectivity index (χ1v) is 10.4. The number of aromatic amines is 1. The number of nitrogens with zero attached hydrogens (tertiary/aromatic N) is 3. The van der Waals surface area contributed by atoms with Gasteiger partial charge >= 0.3 is 0 Å². The van der Waals surface area contributed by atoms with Crippen LogP contribution < -0.4 is 9.64 Å². The fourth-order valence-corrected chi connectivity index (χ4v) is 4.30. The molecule has 1 fully saturated rings. The molecule has 0 unspecified atom stereocenters. The zero-order valence-corrected chi connectivity index (χ0v) is 17.0. The number of piperazine rings is 1. The van der Waals surface area contributed by atoms with Gasteiger partial charge in [-0.3, -0.25) is 4.90 Å². The van der Waals surface area contributed by atoms with E-state index in [1.165, 1.54) is 16.6 Å². The molecule has 0 bridgehead atoms. The van der Waals surface area contributed by atoms with E-state index >= 15 is 0 Å². The minimum absolute atomic E-state index is 0.719. The number of nitrogens with one attached hydrogen (secondary N) is 1. The molecule has 4 rings (SSSR count). The number of benzene rings is 2. The molecule has 0 aliphatic carbocycles. The molecule has 0 radical (unpaired) electrons. The first-order chi connectivity index (χ1) is 14.3.